The monoisotopic (exact) mass is 536 g/mol. The third-order valence-corrected chi connectivity index (χ3v) is 10.9. The van der Waals surface area contributed by atoms with Crippen molar-refractivity contribution in [2.24, 2.45) is 22.7 Å². The molecule has 0 aromatic carbocycles. The molecule has 4 aliphatic carbocycles. The first-order valence-electron chi connectivity index (χ1n) is 12.3. The van der Waals surface area contributed by atoms with Crippen LogP contribution in [0.1, 0.15) is 62.1 Å². The Kier molecular flexibility index (Phi) is 5.92. The maximum Gasteiger partial charge on any atom is 0.376 e. The summed E-state index contributed by atoms with van der Waals surface area (Å²) in [4.78, 5) is 36.9. The summed E-state index contributed by atoms with van der Waals surface area (Å²) < 4.78 is 10.3. The number of rotatable bonds is 4. The zero-order chi connectivity index (χ0) is 26.3. The zero-order valence-electron chi connectivity index (χ0n) is 20.4. The van der Waals surface area contributed by atoms with E-state index in [0.29, 0.717) is 24.8 Å². The van der Waals surface area contributed by atoms with Crippen molar-refractivity contribution in [3.8, 4) is 0 Å². The lowest BCUT2D eigenvalue weighted by atomic mass is 9.45. The van der Waals surface area contributed by atoms with Crippen LogP contribution in [0, 0.1) is 29.6 Å². The number of Topliss-reactive ketones (excluding diaryl/α,β-unsaturated/α-hetero) is 1. The van der Waals surface area contributed by atoms with Crippen LogP contribution in [0.3, 0.4) is 0 Å². The number of esters is 1. The molecular formula is C27H30Cl2O7. The number of hydrogen-bond acceptors (Lipinski definition) is 7. The molecule has 4 aliphatic rings. The van der Waals surface area contributed by atoms with Crippen LogP contribution in [0.2, 0.25) is 0 Å². The van der Waals surface area contributed by atoms with Gasteiger partial charge in [0.1, 0.15) is 5.60 Å². The fourth-order valence-corrected chi connectivity index (χ4v) is 8.37. The number of fused-ring (bicyclic) bond motifs is 5. The number of carbonyl (C=O) groups excluding carboxylic acids is 3. The number of aliphatic hydroxyl groups is 2. The van der Waals surface area contributed by atoms with Gasteiger partial charge in [0.2, 0.25) is 17.1 Å². The summed E-state index contributed by atoms with van der Waals surface area (Å²) >= 11 is 13.6. The number of aliphatic hydroxyl groups excluding tert-OH is 1. The Morgan fingerprint density at radius 1 is 1.25 bits per heavy atom. The molecule has 7 nitrogen and oxygen atoms in total. The lowest BCUT2D eigenvalue weighted by molar-refractivity contribution is -0.175. The van der Waals surface area contributed by atoms with Crippen molar-refractivity contribution in [2.45, 2.75) is 75.0 Å². The molecule has 0 bridgehead atoms. The number of aryl methyl sites for hydroxylation is 1. The lowest BCUT2D eigenvalue weighted by Crippen LogP contribution is -2.68. The molecule has 8 atom stereocenters. The highest BCUT2D eigenvalue weighted by Crippen LogP contribution is 2.70. The second-order valence-corrected chi connectivity index (χ2v) is 12.2. The van der Waals surface area contributed by atoms with Gasteiger partial charge in [0, 0.05) is 16.4 Å². The molecule has 1 aromatic heterocycles. The summed E-state index contributed by atoms with van der Waals surface area (Å²) in [6.45, 7) is 5.40. The van der Waals surface area contributed by atoms with Gasteiger partial charge in [-0.2, -0.15) is 0 Å². The van der Waals surface area contributed by atoms with Crippen LogP contribution in [-0.4, -0.2) is 49.9 Å². The number of alkyl halides is 2. The minimum absolute atomic E-state index is 0.0550. The highest BCUT2D eigenvalue weighted by atomic mass is 35.5. The molecule has 0 aliphatic heterocycles. The highest BCUT2D eigenvalue weighted by Gasteiger charge is 2.73. The van der Waals surface area contributed by atoms with Gasteiger partial charge < -0.3 is 19.4 Å². The average molecular weight is 537 g/mol. The molecule has 0 saturated heterocycles. The van der Waals surface area contributed by atoms with E-state index >= 15 is 0 Å². The van der Waals surface area contributed by atoms with Crippen molar-refractivity contribution in [1.29, 1.82) is 0 Å². The van der Waals surface area contributed by atoms with Crippen molar-refractivity contribution < 1.29 is 33.8 Å². The van der Waals surface area contributed by atoms with Gasteiger partial charge in [-0.05, 0) is 69.1 Å². The predicted octanol–water partition coefficient (Wildman–Crippen LogP) is 4.25. The molecule has 9 heteroatoms. The SMILES string of the molecule is Cc1ccoc1C(=O)OC(Cl)C(=O)[C@@]1(O)CC[C@H]2[C@@H]3CCC4=CC(=O)C=C[C@]4(C)[C@@]3(Cl)C(O)C[C@@]21C. The van der Waals surface area contributed by atoms with Gasteiger partial charge in [0.25, 0.3) is 0 Å². The molecule has 36 heavy (non-hydrogen) atoms. The molecular weight excluding hydrogens is 507 g/mol. The summed E-state index contributed by atoms with van der Waals surface area (Å²) in [6, 6.07) is 1.59. The fraction of sp³-hybridized carbons (Fsp3) is 0.593. The van der Waals surface area contributed by atoms with Gasteiger partial charge in [-0.3, -0.25) is 9.59 Å². The van der Waals surface area contributed by atoms with Crippen LogP contribution in [-0.2, 0) is 14.3 Å². The van der Waals surface area contributed by atoms with E-state index in [4.69, 9.17) is 32.4 Å². The van der Waals surface area contributed by atoms with Crippen LogP contribution in [0.4, 0.5) is 0 Å². The number of furan rings is 1. The Labute approximate surface area is 219 Å². The minimum atomic E-state index is -1.92. The van der Waals surface area contributed by atoms with E-state index in [1.54, 1.807) is 32.1 Å². The second-order valence-electron chi connectivity index (χ2n) is 11.2. The quantitative estimate of drug-likeness (QED) is 0.436. The van der Waals surface area contributed by atoms with E-state index < -0.39 is 44.7 Å². The van der Waals surface area contributed by atoms with Gasteiger partial charge in [0.15, 0.2) is 5.78 Å². The van der Waals surface area contributed by atoms with Crippen molar-refractivity contribution in [2.75, 3.05) is 0 Å². The topological polar surface area (TPSA) is 114 Å². The second kappa shape index (κ2) is 8.29. The molecule has 3 saturated carbocycles. The summed E-state index contributed by atoms with van der Waals surface area (Å²) in [5.74, 6) is -2.28. The number of ether oxygens (including phenoxy) is 1. The normalized spacial score (nSPS) is 42.1. The van der Waals surface area contributed by atoms with E-state index in [2.05, 4.69) is 0 Å². The number of allylic oxidation sites excluding steroid dienone is 4. The first-order chi connectivity index (χ1) is 16.8. The van der Waals surface area contributed by atoms with Crippen molar-refractivity contribution in [1.82, 2.24) is 0 Å². The van der Waals surface area contributed by atoms with Crippen LogP contribution in [0.15, 0.2) is 40.5 Å². The van der Waals surface area contributed by atoms with E-state index in [-0.39, 0.29) is 36.2 Å². The molecule has 1 aromatic rings. The van der Waals surface area contributed by atoms with E-state index in [0.717, 1.165) is 5.57 Å². The number of hydrogen-bond donors (Lipinski definition) is 2. The van der Waals surface area contributed by atoms with Gasteiger partial charge in [-0.15, -0.1) is 11.6 Å². The van der Waals surface area contributed by atoms with Crippen molar-refractivity contribution in [3.63, 3.8) is 0 Å². The van der Waals surface area contributed by atoms with E-state index in [9.17, 15) is 24.6 Å². The Bertz CT molecular complexity index is 1200. The molecule has 1 heterocycles. The smallest absolute Gasteiger partial charge is 0.376 e. The summed E-state index contributed by atoms with van der Waals surface area (Å²) in [6.07, 6.45) is 7.08. The molecule has 5 rings (SSSR count). The molecule has 0 amide bonds. The predicted molar refractivity (Wildman–Crippen MR) is 132 cm³/mol. The molecule has 2 unspecified atom stereocenters. The first-order valence-corrected chi connectivity index (χ1v) is 13.1. The summed E-state index contributed by atoms with van der Waals surface area (Å²) in [5, 5.41) is 23.4. The molecule has 194 valence electrons. The van der Waals surface area contributed by atoms with Crippen LogP contribution in [0.5, 0.6) is 0 Å². The van der Waals surface area contributed by atoms with Crippen LogP contribution >= 0.6 is 23.2 Å². The number of halogens is 2. The minimum Gasteiger partial charge on any atom is -0.457 e. The molecule has 0 radical (unpaired) electrons. The summed E-state index contributed by atoms with van der Waals surface area (Å²) in [7, 11) is 0. The standard InChI is InChI=1S/C27H30Cl2O7/c1-14-8-11-35-20(14)23(33)36-22(28)21(32)26(34)10-7-17-18-5-4-15-12-16(30)6-9-24(15,2)27(18,29)19(31)13-25(17,26)3/h6,8-9,11-12,17-19,22,31,34H,4-5,7,10,13H2,1-3H3/t17-,18-,19?,22?,24-,25-,26-,27-/m0/s1. The largest absolute Gasteiger partial charge is 0.457 e. The maximum atomic E-state index is 13.5. The van der Waals surface area contributed by atoms with Gasteiger partial charge in [-0.1, -0.05) is 37.1 Å². The Hall–Kier alpha value is -1.93. The van der Waals surface area contributed by atoms with Gasteiger partial charge >= 0.3 is 5.97 Å². The zero-order valence-corrected chi connectivity index (χ0v) is 21.9. The maximum absolute atomic E-state index is 13.5. The Morgan fingerprint density at radius 3 is 2.64 bits per heavy atom. The van der Waals surface area contributed by atoms with Crippen LogP contribution in [0.25, 0.3) is 0 Å². The average Bonchev–Trinajstić information content (AvgIpc) is 3.36. The fourth-order valence-electron chi connectivity index (χ4n) is 7.59. The van der Waals surface area contributed by atoms with Crippen molar-refractivity contribution in [3.05, 3.63) is 47.5 Å². The Balaban J connectivity index is 1.44. The van der Waals surface area contributed by atoms with E-state index in [1.165, 1.54) is 12.3 Å². The summed E-state index contributed by atoms with van der Waals surface area (Å²) in [5.41, 5.74) is -3.99. The first kappa shape index (κ1) is 25.7. The molecule has 2 N–H and O–H groups in total. The third kappa shape index (κ3) is 3.22. The van der Waals surface area contributed by atoms with Crippen molar-refractivity contribution >= 4 is 40.7 Å². The molecule has 0 spiro atoms. The third-order valence-electron chi connectivity index (χ3n) is 9.66. The van der Waals surface area contributed by atoms with Gasteiger partial charge in [-0.25, -0.2) is 4.79 Å². The lowest BCUT2D eigenvalue weighted by Gasteiger charge is -2.63. The van der Waals surface area contributed by atoms with Crippen LogP contribution < -0.4 is 0 Å². The highest BCUT2D eigenvalue weighted by molar-refractivity contribution is 6.32. The van der Waals surface area contributed by atoms with E-state index in [1.807, 2.05) is 6.92 Å². The number of ketones is 2. The number of carbonyl (C=O) groups is 3. The Morgan fingerprint density at radius 2 is 1.97 bits per heavy atom. The van der Waals surface area contributed by atoms with Gasteiger partial charge in [0.05, 0.1) is 17.2 Å². The molecule has 3 fully saturated rings.